The number of para-hydroxylation sites is 1. The molecule has 1 aliphatic rings. The van der Waals surface area contributed by atoms with Crippen molar-refractivity contribution in [3.63, 3.8) is 0 Å². The molecule has 0 bridgehead atoms. The van der Waals surface area contributed by atoms with Gasteiger partial charge in [0, 0.05) is 24.7 Å². The Kier molecular flexibility index (Phi) is 3.49. The highest BCUT2D eigenvalue weighted by atomic mass is 16.4. The summed E-state index contributed by atoms with van der Waals surface area (Å²) in [6, 6.07) is 7.83. The summed E-state index contributed by atoms with van der Waals surface area (Å²) in [4.78, 5) is 22.6. The molecule has 2 aromatic rings. The van der Waals surface area contributed by atoms with Crippen LogP contribution in [-0.4, -0.2) is 34.1 Å². The van der Waals surface area contributed by atoms with E-state index in [0.717, 1.165) is 17.3 Å². The summed E-state index contributed by atoms with van der Waals surface area (Å²) >= 11 is 0. The van der Waals surface area contributed by atoms with Gasteiger partial charge in [-0.05, 0) is 18.9 Å². The maximum absolute atomic E-state index is 11.6. The highest BCUT2D eigenvalue weighted by Gasteiger charge is 2.44. The zero-order valence-electron chi connectivity index (χ0n) is 12.1. The van der Waals surface area contributed by atoms with E-state index < -0.39 is 11.4 Å². The molecular formula is C16H19N3O2. The first-order chi connectivity index (χ1) is 10.1. The molecule has 1 saturated heterocycles. The minimum Gasteiger partial charge on any atom is -0.481 e. The van der Waals surface area contributed by atoms with Crippen LogP contribution in [0.1, 0.15) is 26.2 Å². The molecule has 1 aromatic carbocycles. The standard InChI is InChI=1S/C16H19N3O2/c1-2-7-16(14(20)21)8-9-19(11-16)15-17-10-12-5-3-4-6-13(12)18-15/h3-6,10H,2,7-9,11H2,1H3,(H,20,21). The number of hydrogen-bond donors (Lipinski definition) is 1. The SMILES string of the molecule is CCCC1(C(=O)O)CCN(c2ncc3ccccc3n2)C1. The van der Waals surface area contributed by atoms with E-state index in [-0.39, 0.29) is 0 Å². The zero-order valence-corrected chi connectivity index (χ0v) is 12.1. The lowest BCUT2D eigenvalue weighted by molar-refractivity contribution is -0.148. The van der Waals surface area contributed by atoms with E-state index in [0.29, 0.717) is 31.9 Å². The number of carbonyl (C=O) groups is 1. The first kappa shape index (κ1) is 13.8. The summed E-state index contributed by atoms with van der Waals surface area (Å²) in [6.07, 6.45) is 4.04. The molecule has 0 amide bonds. The van der Waals surface area contributed by atoms with Gasteiger partial charge in [0.25, 0.3) is 0 Å². The summed E-state index contributed by atoms with van der Waals surface area (Å²) in [6.45, 7) is 3.22. The van der Waals surface area contributed by atoms with Gasteiger partial charge < -0.3 is 10.0 Å². The quantitative estimate of drug-likeness (QED) is 0.935. The van der Waals surface area contributed by atoms with Crippen LogP contribution in [0.5, 0.6) is 0 Å². The lowest BCUT2D eigenvalue weighted by Crippen LogP contribution is -2.35. The molecule has 1 aromatic heterocycles. The van der Waals surface area contributed by atoms with Crippen LogP contribution in [0.25, 0.3) is 10.9 Å². The molecule has 3 rings (SSSR count). The van der Waals surface area contributed by atoms with Gasteiger partial charge in [-0.2, -0.15) is 0 Å². The Morgan fingerprint density at radius 2 is 2.24 bits per heavy atom. The number of rotatable bonds is 4. The number of benzene rings is 1. The maximum Gasteiger partial charge on any atom is 0.311 e. The van der Waals surface area contributed by atoms with Crippen LogP contribution in [0.2, 0.25) is 0 Å². The van der Waals surface area contributed by atoms with Crippen LogP contribution in [-0.2, 0) is 4.79 Å². The Morgan fingerprint density at radius 3 is 3.00 bits per heavy atom. The monoisotopic (exact) mass is 285 g/mol. The first-order valence-electron chi connectivity index (χ1n) is 7.35. The highest BCUT2D eigenvalue weighted by molar-refractivity contribution is 5.79. The molecule has 1 unspecified atom stereocenters. The molecule has 1 N–H and O–H groups in total. The van der Waals surface area contributed by atoms with E-state index >= 15 is 0 Å². The van der Waals surface area contributed by atoms with Crippen LogP contribution in [0.4, 0.5) is 5.95 Å². The third kappa shape index (κ3) is 2.44. The van der Waals surface area contributed by atoms with E-state index in [4.69, 9.17) is 0 Å². The van der Waals surface area contributed by atoms with E-state index in [1.807, 2.05) is 36.1 Å². The number of anilines is 1. The molecule has 0 saturated carbocycles. The third-order valence-corrected chi connectivity index (χ3v) is 4.30. The summed E-state index contributed by atoms with van der Waals surface area (Å²) < 4.78 is 0. The van der Waals surface area contributed by atoms with Crippen molar-refractivity contribution in [2.45, 2.75) is 26.2 Å². The fraction of sp³-hybridized carbons (Fsp3) is 0.438. The lowest BCUT2D eigenvalue weighted by Gasteiger charge is -2.24. The van der Waals surface area contributed by atoms with Crippen molar-refractivity contribution >= 4 is 22.8 Å². The predicted molar refractivity (Wildman–Crippen MR) is 81.3 cm³/mol. The predicted octanol–water partition coefficient (Wildman–Crippen LogP) is 2.71. The van der Waals surface area contributed by atoms with Crippen LogP contribution >= 0.6 is 0 Å². The largest absolute Gasteiger partial charge is 0.481 e. The summed E-state index contributed by atoms with van der Waals surface area (Å²) in [5.41, 5.74) is 0.245. The van der Waals surface area contributed by atoms with Crippen molar-refractivity contribution in [2.75, 3.05) is 18.0 Å². The van der Waals surface area contributed by atoms with Crippen molar-refractivity contribution in [3.05, 3.63) is 30.5 Å². The van der Waals surface area contributed by atoms with Crippen molar-refractivity contribution in [3.8, 4) is 0 Å². The zero-order chi connectivity index (χ0) is 14.9. The molecular weight excluding hydrogens is 266 g/mol. The number of nitrogens with zero attached hydrogens (tertiary/aromatic N) is 3. The van der Waals surface area contributed by atoms with Gasteiger partial charge in [-0.3, -0.25) is 4.79 Å². The van der Waals surface area contributed by atoms with Gasteiger partial charge in [0.05, 0.1) is 10.9 Å². The molecule has 1 fully saturated rings. The Balaban J connectivity index is 1.88. The minimum absolute atomic E-state index is 0.495. The van der Waals surface area contributed by atoms with Crippen LogP contribution < -0.4 is 4.90 Å². The smallest absolute Gasteiger partial charge is 0.311 e. The van der Waals surface area contributed by atoms with Crippen LogP contribution in [0, 0.1) is 5.41 Å². The van der Waals surface area contributed by atoms with Gasteiger partial charge in [-0.25, -0.2) is 9.97 Å². The second kappa shape index (κ2) is 5.31. The van der Waals surface area contributed by atoms with Crippen molar-refractivity contribution < 1.29 is 9.90 Å². The molecule has 21 heavy (non-hydrogen) atoms. The Morgan fingerprint density at radius 1 is 1.43 bits per heavy atom. The average Bonchev–Trinajstić information content (AvgIpc) is 2.93. The number of aromatic nitrogens is 2. The summed E-state index contributed by atoms with van der Waals surface area (Å²) in [5.74, 6) is -0.0689. The van der Waals surface area contributed by atoms with E-state index in [1.54, 1.807) is 6.20 Å². The number of hydrogen-bond acceptors (Lipinski definition) is 4. The number of carboxylic acid groups (broad SMARTS) is 1. The minimum atomic E-state index is -0.701. The van der Waals surface area contributed by atoms with E-state index in [9.17, 15) is 9.90 Å². The van der Waals surface area contributed by atoms with Gasteiger partial charge in [-0.15, -0.1) is 0 Å². The van der Waals surface area contributed by atoms with Crippen LogP contribution in [0.3, 0.4) is 0 Å². The molecule has 0 spiro atoms. The van der Waals surface area contributed by atoms with E-state index in [1.165, 1.54) is 0 Å². The maximum atomic E-state index is 11.6. The van der Waals surface area contributed by atoms with Crippen LogP contribution in [0.15, 0.2) is 30.5 Å². The fourth-order valence-corrected chi connectivity index (χ4v) is 3.12. The van der Waals surface area contributed by atoms with Gasteiger partial charge in [-0.1, -0.05) is 31.5 Å². The average molecular weight is 285 g/mol. The van der Waals surface area contributed by atoms with Gasteiger partial charge >= 0.3 is 5.97 Å². The molecule has 5 heteroatoms. The van der Waals surface area contributed by atoms with Gasteiger partial charge in [0.1, 0.15) is 0 Å². The van der Waals surface area contributed by atoms with Gasteiger partial charge in [0.2, 0.25) is 5.95 Å². The third-order valence-electron chi connectivity index (χ3n) is 4.30. The van der Waals surface area contributed by atoms with Crippen molar-refractivity contribution in [2.24, 2.45) is 5.41 Å². The Hall–Kier alpha value is -2.17. The molecule has 2 heterocycles. The highest BCUT2D eigenvalue weighted by Crippen LogP contribution is 2.37. The lowest BCUT2D eigenvalue weighted by atomic mass is 9.83. The first-order valence-corrected chi connectivity index (χ1v) is 7.35. The summed E-state index contributed by atoms with van der Waals surface area (Å²) in [5, 5.41) is 10.6. The Labute approximate surface area is 123 Å². The number of aliphatic carboxylic acids is 1. The topological polar surface area (TPSA) is 66.3 Å². The molecule has 1 atom stereocenters. The van der Waals surface area contributed by atoms with Crippen molar-refractivity contribution in [1.82, 2.24) is 9.97 Å². The normalized spacial score (nSPS) is 21.9. The number of carboxylic acids is 1. The molecule has 0 radical (unpaired) electrons. The Bertz CT molecular complexity index is 673. The molecule has 0 aliphatic carbocycles. The fourth-order valence-electron chi connectivity index (χ4n) is 3.12. The van der Waals surface area contributed by atoms with E-state index in [2.05, 4.69) is 9.97 Å². The second-order valence-electron chi connectivity index (χ2n) is 5.74. The molecule has 5 nitrogen and oxygen atoms in total. The molecule has 110 valence electrons. The summed E-state index contributed by atoms with van der Waals surface area (Å²) in [7, 11) is 0. The number of fused-ring (bicyclic) bond motifs is 1. The van der Waals surface area contributed by atoms with Gasteiger partial charge in [0.15, 0.2) is 0 Å². The second-order valence-corrected chi connectivity index (χ2v) is 5.74. The van der Waals surface area contributed by atoms with Crippen molar-refractivity contribution in [1.29, 1.82) is 0 Å². The molecule has 1 aliphatic heterocycles.